The average molecular weight is 387 g/mol. The number of likely N-dealkylation sites (tertiary alicyclic amines) is 1. The van der Waals surface area contributed by atoms with Gasteiger partial charge < -0.3 is 10.6 Å². The summed E-state index contributed by atoms with van der Waals surface area (Å²) in [7, 11) is 0. The van der Waals surface area contributed by atoms with Crippen molar-refractivity contribution >= 4 is 40.3 Å². The molecule has 2 aliphatic heterocycles. The lowest BCUT2D eigenvalue weighted by Crippen LogP contribution is -2.39. The van der Waals surface area contributed by atoms with Crippen molar-refractivity contribution in [2.45, 2.75) is 30.7 Å². The van der Waals surface area contributed by atoms with E-state index in [0.717, 1.165) is 42.0 Å². The van der Waals surface area contributed by atoms with Crippen LogP contribution in [0.25, 0.3) is 0 Å². The topological polar surface area (TPSA) is 44.9 Å². The molecule has 0 radical (unpaired) electrons. The van der Waals surface area contributed by atoms with E-state index in [1.54, 1.807) is 11.3 Å². The van der Waals surface area contributed by atoms with Crippen LogP contribution in [0.5, 0.6) is 0 Å². The van der Waals surface area contributed by atoms with Gasteiger partial charge >= 0.3 is 0 Å². The van der Waals surface area contributed by atoms with Gasteiger partial charge in [-0.1, -0.05) is 6.07 Å². The van der Waals surface area contributed by atoms with E-state index in [1.807, 2.05) is 29.3 Å². The Morgan fingerprint density at radius 3 is 2.96 bits per heavy atom. The zero-order valence-electron chi connectivity index (χ0n) is 15.2. The zero-order chi connectivity index (χ0) is 17.9. The second kappa shape index (κ2) is 8.03. The van der Waals surface area contributed by atoms with E-state index in [-0.39, 0.29) is 0 Å². The van der Waals surface area contributed by atoms with Crippen molar-refractivity contribution in [1.82, 2.24) is 4.90 Å². The quantitative estimate of drug-likeness (QED) is 0.618. The molecule has 1 saturated heterocycles. The van der Waals surface area contributed by atoms with Crippen LogP contribution in [-0.2, 0) is 0 Å². The summed E-state index contributed by atoms with van der Waals surface area (Å²) in [5.74, 6) is 1.73. The largest absolute Gasteiger partial charge is 0.383 e. The van der Waals surface area contributed by atoms with Gasteiger partial charge in [0.05, 0.1) is 16.3 Å². The minimum atomic E-state index is 0.598. The molecule has 0 spiro atoms. The minimum absolute atomic E-state index is 0.598. The van der Waals surface area contributed by atoms with Crippen LogP contribution in [0.1, 0.15) is 24.6 Å². The summed E-state index contributed by atoms with van der Waals surface area (Å²) in [6.45, 7) is 7.01. The number of anilines is 1. The molecule has 3 heterocycles. The lowest BCUT2D eigenvalue weighted by molar-refractivity contribution is 0.274. The first-order valence-electron chi connectivity index (χ1n) is 9.34. The molecule has 0 amide bonds. The second-order valence-corrected chi connectivity index (χ2v) is 9.07. The molecule has 138 valence electrons. The van der Waals surface area contributed by atoms with Gasteiger partial charge in [0.2, 0.25) is 0 Å². The number of rotatable bonds is 5. The Morgan fingerprint density at radius 2 is 2.19 bits per heavy atom. The number of hydrogen-bond donors (Lipinski definition) is 1. The summed E-state index contributed by atoms with van der Waals surface area (Å²) < 4.78 is 0. The molecule has 0 bridgehead atoms. The number of fused-ring (bicyclic) bond motifs is 1. The van der Waals surface area contributed by atoms with E-state index >= 15 is 0 Å². The van der Waals surface area contributed by atoms with Gasteiger partial charge in [-0.15, -0.1) is 23.1 Å². The SMILES string of the molecule is CC1CCCN1CCN1CCSc2cc(N=C(N)c3cccs3)ccc21. The number of amidine groups is 1. The van der Waals surface area contributed by atoms with Crippen molar-refractivity contribution in [3.63, 3.8) is 0 Å². The van der Waals surface area contributed by atoms with Crippen LogP contribution in [0.4, 0.5) is 11.4 Å². The summed E-state index contributed by atoms with van der Waals surface area (Å²) in [4.78, 5) is 12.1. The minimum Gasteiger partial charge on any atom is -0.383 e. The smallest absolute Gasteiger partial charge is 0.141 e. The van der Waals surface area contributed by atoms with Crippen LogP contribution in [-0.4, -0.2) is 48.7 Å². The molecule has 2 aliphatic rings. The van der Waals surface area contributed by atoms with E-state index in [0.29, 0.717) is 5.84 Å². The Kier molecular flexibility index (Phi) is 5.52. The molecule has 4 nitrogen and oxygen atoms in total. The van der Waals surface area contributed by atoms with Crippen molar-refractivity contribution in [3.05, 3.63) is 40.6 Å². The van der Waals surface area contributed by atoms with E-state index in [4.69, 9.17) is 5.73 Å². The fraction of sp³-hybridized carbons (Fsp3) is 0.450. The Hall–Kier alpha value is -1.50. The molecule has 1 aromatic heterocycles. The van der Waals surface area contributed by atoms with Gasteiger partial charge in [-0.05, 0) is 56.0 Å². The summed E-state index contributed by atoms with van der Waals surface area (Å²) >= 11 is 3.55. The predicted molar refractivity (Wildman–Crippen MR) is 114 cm³/mol. The van der Waals surface area contributed by atoms with Gasteiger partial charge in [0, 0.05) is 36.3 Å². The summed E-state index contributed by atoms with van der Waals surface area (Å²) in [5, 5.41) is 2.03. The molecular formula is C20H26N4S2. The third-order valence-electron chi connectivity index (χ3n) is 5.27. The maximum Gasteiger partial charge on any atom is 0.141 e. The Bertz CT molecular complexity index is 772. The Balaban J connectivity index is 1.48. The molecule has 1 atom stereocenters. The van der Waals surface area contributed by atoms with Crippen LogP contribution in [0.3, 0.4) is 0 Å². The maximum absolute atomic E-state index is 6.14. The van der Waals surface area contributed by atoms with Gasteiger partial charge in [-0.25, -0.2) is 4.99 Å². The van der Waals surface area contributed by atoms with Crippen molar-refractivity contribution in [1.29, 1.82) is 0 Å². The number of nitrogens with zero attached hydrogens (tertiary/aromatic N) is 3. The predicted octanol–water partition coefficient (Wildman–Crippen LogP) is 4.18. The van der Waals surface area contributed by atoms with Gasteiger partial charge in [0.1, 0.15) is 5.84 Å². The molecule has 1 aromatic carbocycles. The lowest BCUT2D eigenvalue weighted by Gasteiger charge is -2.33. The van der Waals surface area contributed by atoms with E-state index in [2.05, 4.69) is 39.9 Å². The maximum atomic E-state index is 6.14. The first-order chi connectivity index (χ1) is 12.7. The average Bonchev–Trinajstić information content (AvgIpc) is 3.31. The lowest BCUT2D eigenvalue weighted by atomic mass is 10.2. The van der Waals surface area contributed by atoms with Crippen LogP contribution < -0.4 is 10.6 Å². The number of thioether (sulfide) groups is 1. The normalized spacial score (nSPS) is 21.2. The second-order valence-electron chi connectivity index (χ2n) is 6.99. The molecule has 2 N–H and O–H groups in total. The highest BCUT2D eigenvalue weighted by atomic mass is 32.2. The van der Waals surface area contributed by atoms with Crippen molar-refractivity contribution in [2.24, 2.45) is 10.7 Å². The number of benzene rings is 1. The van der Waals surface area contributed by atoms with Gasteiger partial charge in [-0.2, -0.15) is 0 Å². The third kappa shape index (κ3) is 3.92. The van der Waals surface area contributed by atoms with Crippen LogP contribution in [0, 0.1) is 0 Å². The number of aliphatic imine (C=N–C) groups is 1. The monoisotopic (exact) mass is 386 g/mol. The highest BCUT2D eigenvalue weighted by molar-refractivity contribution is 7.99. The molecule has 1 fully saturated rings. The Labute approximate surface area is 164 Å². The summed E-state index contributed by atoms with van der Waals surface area (Å²) in [5.41, 5.74) is 8.43. The number of nitrogens with two attached hydrogens (primary N) is 1. The van der Waals surface area contributed by atoms with Gasteiger partial charge in [0.25, 0.3) is 0 Å². The molecule has 1 unspecified atom stereocenters. The van der Waals surface area contributed by atoms with E-state index in [1.165, 1.54) is 30.0 Å². The fourth-order valence-corrected chi connectivity index (χ4v) is 5.47. The summed E-state index contributed by atoms with van der Waals surface area (Å²) in [6, 6.07) is 11.3. The molecule has 0 saturated carbocycles. The number of hydrogen-bond acceptors (Lipinski definition) is 5. The van der Waals surface area contributed by atoms with E-state index < -0.39 is 0 Å². The first kappa shape index (κ1) is 17.9. The first-order valence-corrected chi connectivity index (χ1v) is 11.2. The van der Waals surface area contributed by atoms with Crippen molar-refractivity contribution < 1.29 is 0 Å². The van der Waals surface area contributed by atoms with Crippen molar-refractivity contribution in [3.8, 4) is 0 Å². The highest BCUT2D eigenvalue weighted by Crippen LogP contribution is 2.37. The number of thiophene rings is 1. The van der Waals surface area contributed by atoms with E-state index in [9.17, 15) is 0 Å². The zero-order valence-corrected chi connectivity index (χ0v) is 16.9. The molecule has 2 aromatic rings. The molecular weight excluding hydrogens is 360 g/mol. The molecule has 6 heteroatoms. The third-order valence-corrected chi connectivity index (χ3v) is 7.19. The van der Waals surface area contributed by atoms with Crippen LogP contribution in [0.2, 0.25) is 0 Å². The summed E-state index contributed by atoms with van der Waals surface area (Å²) in [6.07, 6.45) is 2.69. The van der Waals surface area contributed by atoms with Crippen LogP contribution in [0.15, 0.2) is 45.6 Å². The highest BCUT2D eigenvalue weighted by Gasteiger charge is 2.22. The molecule has 0 aliphatic carbocycles. The van der Waals surface area contributed by atoms with Gasteiger partial charge in [0.15, 0.2) is 0 Å². The molecule has 4 rings (SSSR count). The standard InChI is InChI=1S/C20H26N4S2/c1-15-4-2-8-23(15)9-10-24-11-13-26-19-14-16(6-7-17(19)24)22-20(21)18-5-3-12-25-18/h3,5-7,12,14-15H,2,4,8-11,13H2,1H3,(H2,21,22). The fourth-order valence-electron chi connectivity index (χ4n) is 3.76. The van der Waals surface area contributed by atoms with Crippen molar-refractivity contribution in [2.75, 3.05) is 36.8 Å². The molecule has 26 heavy (non-hydrogen) atoms. The van der Waals surface area contributed by atoms with Crippen LogP contribution >= 0.6 is 23.1 Å². The Morgan fingerprint density at radius 1 is 1.27 bits per heavy atom. The van der Waals surface area contributed by atoms with Gasteiger partial charge in [-0.3, -0.25) is 4.90 Å².